The van der Waals surface area contributed by atoms with Gasteiger partial charge in [-0.05, 0) is 18.8 Å². The molecule has 126 valence electrons. The molecule has 1 aromatic rings. The SMILES string of the molecule is CC(C)CN1CC2(CCN(C(=O)c3cc(=O)[nH][nH]3)CC2)CC1=O. The molecule has 0 saturated carbocycles. The summed E-state index contributed by atoms with van der Waals surface area (Å²) in [7, 11) is 0. The van der Waals surface area contributed by atoms with Gasteiger partial charge in [0.25, 0.3) is 11.5 Å². The van der Waals surface area contributed by atoms with Crippen LogP contribution in [0.15, 0.2) is 10.9 Å². The maximum absolute atomic E-state index is 12.3. The lowest BCUT2D eigenvalue weighted by atomic mass is 9.77. The van der Waals surface area contributed by atoms with Crippen molar-refractivity contribution in [3.05, 3.63) is 22.1 Å². The molecule has 2 N–H and O–H groups in total. The van der Waals surface area contributed by atoms with Gasteiger partial charge in [0.05, 0.1) is 0 Å². The molecule has 2 aliphatic rings. The molecular weight excluding hydrogens is 296 g/mol. The number of carbonyl (C=O) groups excluding carboxylic acids is 2. The lowest BCUT2D eigenvalue weighted by Gasteiger charge is -2.38. The molecule has 7 nitrogen and oxygen atoms in total. The number of amides is 2. The summed E-state index contributed by atoms with van der Waals surface area (Å²) in [5.41, 5.74) is 0.0244. The number of hydrogen-bond acceptors (Lipinski definition) is 3. The van der Waals surface area contributed by atoms with E-state index in [0.717, 1.165) is 25.9 Å². The van der Waals surface area contributed by atoms with Gasteiger partial charge in [-0.2, -0.15) is 0 Å². The number of nitrogens with one attached hydrogen (secondary N) is 2. The molecule has 2 aliphatic heterocycles. The number of likely N-dealkylation sites (tertiary alicyclic amines) is 2. The van der Waals surface area contributed by atoms with E-state index in [1.54, 1.807) is 4.90 Å². The normalized spacial score (nSPS) is 20.7. The summed E-state index contributed by atoms with van der Waals surface area (Å²) in [6.45, 7) is 7.14. The minimum Gasteiger partial charge on any atom is -0.342 e. The quantitative estimate of drug-likeness (QED) is 0.864. The number of aromatic nitrogens is 2. The number of piperidine rings is 1. The fourth-order valence-corrected chi connectivity index (χ4v) is 3.73. The van der Waals surface area contributed by atoms with E-state index in [1.165, 1.54) is 6.07 Å². The van der Waals surface area contributed by atoms with Gasteiger partial charge in [0.15, 0.2) is 0 Å². The molecule has 7 heteroatoms. The summed E-state index contributed by atoms with van der Waals surface area (Å²) >= 11 is 0. The largest absolute Gasteiger partial charge is 0.342 e. The number of hydrogen-bond donors (Lipinski definition) is 2. The first-order valence-corrected chi connectivity index (χ1v) is 8.23. The van der Waals surface area contributed by atoms with Gasteiger partial charge in [0.1, 0.15) is 5.69 Å². The number of nitrogens with zero attached hydrogens (tertiary/aromatic N) is 2. The third kappa shape index (κ3) is 3.18. The van der Waals surface area contributed by atoms with Crippen LogP contribution in [0.3, 0.4) is 0 Å². The summed E-state index contributed by atoms with van der Waals surface area (Å²) in [4.78, 5) is 39.5. The molecule has 0 atom stereocenters. The van der Waals surface area contributed by atoms with Crippen LogP contribution in [-0.4, -0.2) is 58.0 Å². The van der Waals surface area contributed by atoms with Gasteiger partial charge < -0.3 is 9.80 Å². The Morgan fingerprint density at radius 1 is 1.26 bits per heavy atom. The number of aromatic amines is 2. The smallest absolute Gasteiger partial charge is 0.271 e. The van der Waals surface area contributed by atoms with E-state index in [0.29, 0.717) is 31.1 Å². The van der Waals surface area contributed by atoms with E-state index < -0.39 is 0 Å². The Bertz CT molecular complexity index is 652. The zero-order valence-corrected chi connectivity index (χ0v) is 13.7. The maximum Gasteiger partial charge on any atom is 0.271 e. The Morgan fingerprint density at radius 3 is 2.52 bits per heavy atom. The van der Waals surface area contributed by atoms with Gasteiger partial charge in [-0.25, -0.2) is 0 Å². The summed E-state index contributed by atoms with van der Waals surface area (Å²) in [6.07, 6.45) is 2.28. The third-order valence-corrected chi connectivity index (χ3v) is 4.93. The second kappa shape index (κ2) is 5.86. The number of H-pyrrole nitrogens is 2. The molecule has 2 saturated heterocycles. The molecule has 3 heterocycles. The maximum atomic E-state index is 12.3. The van der Waals surface area contributed by atoms with Crippen molar-refractivity contribution in [2.24, 2.45) is 11.3 Å². The lowest BCUT2D eigenvalue weighted by Crippen LogP contribution is -2.44. The van der Waals surface area contributed by atoms with E-state index in [1.807, 2.05) is 4.90 Å². The van der Waals surface area contributed by atoms with Gasteiger partial charge in [0.2, 0.25) is 5.91 Å². The van der Waals surface area contributed by atoms with Crippen molar-refractivity contribution < 1.29 is 9.59 Å². The van der Waals surface area contributed by atoms with E-state index in [4.69, 9.17) is 0 Å². The highest BCUT2D eigenvalue weighted by Gasteiger charge is 2.45. The predicted octanol–water partition coefficient (Wildman–Crippen LogP) is 0.814. The Morgan fingerprint density at radius 2 is 1.96 bits per heavy atom. The zero-order chi connectivity index (χ0) is 16.6. The molecule has 0 aliphatic carbocycles. The molecule has 0 aromatic carbocycles. The van der Waals surface area contributed by atoms with Crippen LogP contribution < -0.4 is 5.56 Å². The highest BCUT2D eigenvalue weighted by molar-refractivity contribution is 5.92. The molecular formula is C16H24N4O3. The summed E-state index contributed by atoms with van der Waals surface area (Å²) in [5, 5.41) is 5.00. The molecule has 0 radical (unpaired) electrons. The molecule has 1 aromatic heterocycles. The Kier molecular flexibility index (Phi) is 4.04. The molecule has 0 bridgehead atoms. The molecule has 23 heavy (non-hydrogen) atoms. The van der Waals surface area contributed by atoms with Crippen LogP contribution in [0.1, 0.15) is 43.6 Å². The van der Waals surface area contributed by atoms with Crippen LogP contribution in [0.2, 0.25) is 0 Å². The van der Waals surface area contributed by atoms with Crippen molar-refractivity contribution in [1.82, 2.24) is 20.0 Å². The first-order valence-electron chi connectivity index (χ1n) is 8.23. The van der Waals surface area contributed by atoms with Crippen molar-refractivity contribution >= 4 is 11.8 Å². The van der Waals surface area contributed by atoms with Gasteiger partial charge in [-0.1, -0.05) is 13.8 Å². The van der Waals surface area contributed by atoms with Gasteiger partial charge in [0, 0.05) is 44.1 Å². The second-order valence-corrected chi connectivity index (χ2v) is 7.31. The molecule has 1 spiro atoms. The average Bonchev–Trinajstić information content (AvgIpc) is 3.04. The standard InChI is InChI=1S/C16H24N4O3/c1-11(2)9-20-10-16(8-14(20)22)3-5-19(6-4-16)15(23)12-7-13(21)18-17-12/h7,11H,3-6,8-10H2,1-2H3,(H2,17,18,21). The number of rotatable bonds is 3. The predicted molar refractivity (Wildman–Crippen MR) is 85.0 cm³/mol. The summed E-state index contributed by atoms with van der Waals surface area (Å²) in [6, 6.07) is 1.29. The van der Waals surface area contributed by atoms with Crippen molar-refractivity contribution in [3.8, 4) is 0 Å². The Hall–Kier alpha value is -2.05. The van der Waals surface area contributed by atoms with Crippen LogP contribution in [0.4, 0.5) is 0 Å². The van der Waals surface area contributed by atoms with Crippen LogP contribution >= 0.6 is 0 Å². The first kappa shape index (κ1) is 15.8. The highest BCUT2D eigenvalue weighted by Crippen LogP contribution is 2.41. The minimum atomic E-state index is -0.299. The zero-order valence-electron chi connectivity index (χ0n) is 13.7. The average molecular weight is 320 g/mol. The van der Waals surface area contributed by atoms with Crippen molar-refractivity contribution in [2.75, 3.05) is 26.2 Å². The van der Waals surface area contributed by atoms with E-state index in [2.05, 4.69) is 24.0 Å². The third-order valence-electron chi connectivity index (χ3n) is 4.93. The van der Waals surface area contributed by atoms with Gasteiger partial charge in [-0.3, -0.25) is 24.6 Å². The second-order valence-electron chi connectivity index (χ2n) is 7.31. The van der Waals surface area contributed by atoms with Crippen molar-refractivity contribution in [1.29, 1.82) is 0 Å². The highest BCUT2D eigenvalue weighted by atomic mass is 16.2. The Balaban J connectivity index is 1.61. The summed E-state index contributed by atoms with van der Waals surface area (Å²) < 4.78 is 0. The topological polar surface area (TPSA) is 89.3 Å². The van der Waals surface area contributed by atoms with Gasteiger partial charge >= 0.3 is 0 Å². The number of carbonyl (C=O) groups is 2. The van der Waals surface area contributed by atoms with Crippen molar-refractivity contribution in [3.63, 3.8) is 0 Å². The van der Waals surface area contributed by atoms with E-state index >= 15 is 0 Å². The molecule has 3 rings (SSSR count). The van der Waals surface area contributed by atoms with Crippen LogP contribution in [0.5, 0.6) is 0 Å². The fourth-order valence-electron chi connectivity index (χ4n) is 3.73. The Labute approximate surface area is 135 Å². The monoisotopic (exact) mass is 320 g/mol. The molecule has 0 unspecified atom stereocenters. The van der Waals surface area contributed by atoms with Gasteiger partial charge in [-0.15, -0.1) is 0 Å². The van der Waals surface area contributed by atoms with Crippen LogP contribution in [0, 0.1) is 11.3 Å². The van der Waals surface area contributed by atoms with Crippen LogP contribution in [0.25, 0.3) is 0 Å². The lowest BCUT2D eigenvalue weighted by molar-refractivity contribution is -0.128. The summed E-state index contributed by atoms with van der Waals surface area (Å²) in [5.74, 6) is 0.566. The van der Waals surface area contributed by atoms with Crippen LogP contribution in [-0.2, 0) is 4.79 Å². The van der Waals surface area contributed by atoms with E-state index in [9.17, 15) is 14.4 Å². The molecule has 2 amide bonds. The molecule has 2 fully saturated rings. The minimum absolute atomic E-state index is 0.0221. The fraction of sp³-hybridized carbons (Fsp3) is 0.688. The van der Waals surface area contributed by atoms with Crippen molar-refractivity contribution in [2.45, 2.75) is 33.1 Å². The first-order chi connectivity index (χ1) is 10.9. The van der Waals surface area contributed by atoms with E-state index in [-0.39, 0.29) is 22.8 Å².